The lowest BCUT2D eigenvalue weighted by molar-refractivity contribution is 0.0975. The summed E-state index contributed by atoms with van der Waals surface area (Å²) in [5.41, 5.74) is 2.06. The average Bonchev–Trinajstić information content (AvgIpc) is 3.20. The highest BCUT2D eigenvalue weighted by molar-refractivity contribution is 6.10. The highest BCUT2D eigenvalue weighted by Gasteiger charge is 2.17. The molecule has 0 spiro atoms. The van der Waals surface area contributed by atoms with E-state index in [1.807, 2.05) is 25.1 Å². The van der Waals surface area contributed by atoms with E-state index in [0.717, 1.165) is 25.0 Å². The standard InChI is InChI=1S/C21H24FN3O3/c1-14-5-10-19(27-2)18(12-14)24-21(23-13-17-4-3-11-28-17)25-20(26)15-6-8-16(22)9-7-15/h5-10,12,17H,3-4,11,13H2,1-2H3,(H2,23,24,25,26)/t17-/m0/s1. The summed E-state index contributed by atoms with van der Waals surface area (Å²) in [6.45, 7) is 3.13. The summed E-state index contributed by atoms with van der Waals surface area (Å²) in [6.07, 6.45) is 1.99. The van der Waals surface area contributed by atoms with Gasteiger partial charge in [-0.1, -0.05) is 6.07 Å². The molecule has 148 valence electrons. The number of rotatable bonds is 5. The van der Waals surface area contributed by atoms with Crippen molar-refractivity contribution >= 4 is 17.6 Å². The first-order valence-electron chi connectivity index (χ1n) is 9.20. The van der Waals surface area contributed by atoms with Gasteiger partial charge >= 0.3 is 0 Å². The van der Waals surface area contributed by atoms with Gasteiger partial charge in [-0.25, -0.2) is 9.38 Å². The van der Waals surface area contributed by atoms with Gasteiger partial charge in [0.05, 0.1) is 25.4 Å². The van der Waals surface area contributed by atoms with Crippen molar-refractivity contribution in [3.63, 3.8) is 0 Å². The van der Waals surface area contributed by atoms with Crippen LogP contribution in [0, 0.1) is 12.7 Å². The van der Waals surface area contributed by atoms with Gasteiger partial charge in [-0.3, -0.25) is 10.1 Å². The molecule has 1 saturated heterocycles. The SMILES string of the molecule is COc1ccc(C)cc1NC(=NC[C@@H]1CCCO1)NC(=O)c1ccc(F)cc1. The molecule has 0 aliphatic carbocycles. The van der Waals surface area contributed by atoms with E-state index in [1.54, 1.807) is 7.11 Å². The Bertz CT molecular complexity index is 846. The van der Waals surface area contributed by atoms with Gasteiger partial charge in [0.15, 0.2) is 0 Å². The normalized spacial score (nSPS) is 16.7. The number of nitrogens with zero attached hydrogens (tertiary/aromatic N) is 1. The number of aryl methyl sites for hydroxylation is 1. The predicted molar refractivity (Wildman–Crippen MR) is 106 cm³/mol. The minimum atomic E-state index is -0.397. The third-order valence-electron chi connectivity index (χ3n) is 4.42. The number of guanidine groups is 1. The van der Waals surface area contributed by atoms with E-state index in [2.05, 4.69) is 15.6 Å². The fourth-order valence-corrected chi connectivity index (χ4v) is 2.92. The fraction of sp³-hybridized carbons (Fsp3) is 0.333. The number of ether oxygens (including phenoxy) is 2. The third kappa shape index (κ3) is 5.29. The third-order valence-corrected chi connectivity index (χ3v) is 4.42. The van der Waals surface area contributed by atoms with Crippen molar-refractivity contribution in [2.24, 2.45) is 4.99 Å². The number of hydrogen-bond acceptors (Lipinski definition) is 4. The maximum Gasteiger partial charge on any atom is 0.257 e. The van der Waals surface area contributed by atoms with Crippen LogP contribution in [0.15, 0.2) is 47.5 Å². The maximum absolute atomic E-state index is 13.1. The molecule has 0 radical (unpaired) electrons. The molecule has 28 heavy (non-hydrogen) atoms. The van der Waals surface area contributed by atoms with Crippen LogP contribution in [0.4, 0.5) is 10.1 Å². The zero-order chi connectivity index (χ0) is 19.9. The van der Waals surface area contributed by atoms with Gasteiger partial charge in [-0.15, -0.1) is 0 Å². The van der Waals surface area contributed by atoms with Crippen molar-refractivity contribution in [3.8, 4) is 5.75 Å². The molecule has 2 aromatic carbocycles. The van der Waals surface area contributed by atoms with Crippen LogP contribution in [0.1, 0.15) is 28.8 Å². The molecule has 1 fully saturated rings. The van der Waals surface area contributed by atoms with Crippen LogP contribution in [0.25, 0.3) is 0 Å². The van der Waals surface area contributed by atoms with Crippen LogP contribution in [0.3, 0.4) is 0 Å². The van der Waals surface area contributed by atoms with Crippen LogP contribution < -0.4 is 15.4 Å². The minimum absolute atomic E-state index is 0.0407. The summed E-state index contributed by atoms with van der Waals surface area (Å²) in [4.78, 5) is 17.1. The van der Waals surface area contributed by atoms with E-state index >= 15 is 0 Å². The molecule has 1 aliphatic heterocycles. The molecule has 1 atom stereocenters. The van der Waals surface area contributed by atoms with E-state index in [0.29, 0.717) is 23.5 Å². The molecule has 1 heterocycles. The van der Waals surface area contributed by atoms with Crippen LogP contribution >= 0.6 is 0 Å². The minimum Gasteiger partial charge on any atom is -0.495 e. The van der Waals surface area contributed by atoms with Crippen molar-refractivity contribution in [2.75, 3.05) is 25.6 Å². The Labute approximate surface area is 163 Å². The second-order valence-corrected chi connectivity index (χ2v) is 6.61. The molecule has 0 aromatic heterocycles. The largest absolute Gasteiger partial charge is 0.495 e. The summed E-state index contributed by atoms with van der Waals surface area (Å²) < 4.78 is 24.1. The van der Waals surface area contributed by atoms with Gasteiger partial charge in [0.1, 0.15) is 11.6 Å². The number of amides is 1. The van der Waals surface area contributed by atoms with Crippen LogP contribution in [0.5, 0.6) is 5.75 Å². The molecule has 7 heteroatoms. The Kier molecular flexibility index (Phi) is 6.60. The number of benzene rings is 2. The molecule has 6 nitrogen and oxygen atoms in total. The highest BCUT2D eigenvalue weighted by Crippen LogP contribution is 2.25. The zero-order valence-electron chi connectivity index (χ0n) is 16.0. The number of halogens is 1. The first-order valence-corrected chi connectivity index (χ1v) is 9.20. The Morgan fingerprint density at radius 1 is 1.29 bits per heavy atom. The second kappa shape index (κ2) is 9.32. The lowest BCUT2D eigenvalue weighted by atomic mass is 10.2. The summed E-state index contributed by atoms with van der Waals surface area (Å²) in [6, 6.07) is 11.0. The van der Waals surface area contributed by atoms with E-state index < -0.39 is 5.82 Å². The average molecular weight is 385 g/mol. The van der Waals surface area contributed by atoms with Crippen molar-refractivity contribution in [1.29, 1.82) is 0 Å². The molecular formula is C21H24FN3O3. The number of anilines is 1. The summed E-state index contributed by atoms with van der Waals surface area (Å²) in [5, 5.41) is 5.90. The molecule has 2 aromatic rings. The molecule has 0 bridgehead atoms. The van der Waals surface area contributed by atoms with Crippen molar-refractivity contribution in [1.82, 2.24) is 5.32 Å². The monoisotopic (exact) mass is 385 g/mol. The number of nitrogens with one attached hydrogen (secondary N) is 2. The zero-order valence-corrected chi connectivity index (χ0v) is 16.0. The number of carbonyl (C=O) groups excluding carboxylic acids is 1. The van der Waals surface area contributed by atoms with E-state index in [-0.39, 0.29) is 18.0 Å². The van der Waals surface area contributed by atoms with Gasteiger partial charge in [0.25, 0.3) is 5.91 Å². The summed E-state index contributed by atoms with van der Waals surface area (Å²) in [5.74, 6) is 0.136. The van der Waals surface area contributed by atoms with Crippen molar-refractivity contribution < 1.29 is 18.7 Å². The molecule has 1 amide bonds. The van der Waals surface area contributed by atoms with Crippen LogP contribution in [0.2, 0.25) is 0 Å². The number of hydrogen-bond donors (Lipinski definition) is 2. The van der Waals surface area contributed by atoms with Gasteiger partial charge in [0, 0.05) is 12.2 Å². The van der Waals surface area contributed by atoms with Crippen LogP contribution in [-0.2, 0) is 4.74 Å². The van der Waals surface area contributed by atoms with Gasteiger partial charge in [-0.05, 0) is 61.7 Å². The summed E-state index contributed by atoms with van der Waals surface area (Å²) in [7, 11) is 1.58. The molecular weight excluding hydrogens is 361 g/mol. The smallest absolute Gasteiger partial charge is 0.257 e. The van der Waals surface area contributed by atoms with Crippen molar-refractivity contribution in [2.45, 2.75) is 25.9 Å². The Morgan fingerprint density at radius 3 is 2.75 bits per heavy atom. The molecule has 1 aliphatic rings. The molecule has 0 unspecified atom stereocenters. The van der Waals surface area contributed by atoms with E-state index in [9.17, 15) is 9.18 Å². The first kappa shape index (κ1) is 19.8. The second-order valence-electron chi connectivity index (χ2n) is 6.61. The fourth-order valence-electron chi connectivity index (χ4n) is 2.92. The lowest BCUT2D eigenvalue weighted by Crippen LogP contribution is -2.37. The Morgan fingerprint density at radius 2 is 2.07 bits per heavy atom. The molecule has 3 rings (SSSR count). The van der Waals surface area contributed by atoms with Crippen LogP contribution in [-0.4, -0.2) is 38.2 Å². The first-order chi connectivity index (χ1) is 13.5. The van der Waals surface area contributed by atoms with Gasteiger partial charge in [0.2, 0.25) is 5.96 Å². The predicted octanol–water partition coefficient (Wildman–Crippen LogP) is 3.52. The Balaban J connectivity index is 1.80. The molecule has 0 saturated carbocycles. The maximum atomic E-state index is 13.1. The summed E-state index contributed by atoms with van der Waals surface area (Å²) >= 11 is 0. The lowest BCUT2D eigenvalue weighted by Gasteiger charge is -2.16. The van der Waals surface area contributed by atoms with Gasteiger partial charge in [-0.2, -0.15) is 0 Å². The van der Waals surface area contributed by atoms with Crippen molar-refractivity contribution in [3.05, 3.63) is 59.4 Å². The quantitative estimate of drug-likeness (QED) is 0.610. The number of carbonyl (C=O) groups is 1. The topological polar surface area (TPSA) is 71.9 Å². The van der Waals surface area contributed by atoms with E-state index in [4.69, 9.17) is 9.47 Å². The molecule has 2 N–H and O–H groups in total. The highest BCUT2D eigenvalue weighted by atomic mass is 19.1. The van der Waals surface area contributed by atoms with Gasteiger partial charge < -0.3 is 14.8 Å². The number of aliphatic imine (C=N–C) groups is 1. The number of methoxy groups -OCH3 is 1. The van der Waals surface area contributed by atoms with E-state index in [1.165, 1.54) is 24.3 Å². The Hall–Kier alpha value is -2.93.